The van der Waals surface area contributed by atoms with Gasteiger partial charge < -0.3 is 20.3 Å². The molecule has 1 saturated heterocycles. The van der Waals surface area contributed by atoms with E-state index in [1.54, 1.807) is 37.1 Å². The number of carbonyl (C=O) groups excluding carboxylic acids is 3. The summed E-state index contributed by atoms with van der Waals surface area (Å²) in [6.07, 6.45) is 1.34. The summed E-state index contributed by atoms with van der Waals surface area (Å²) in [5.74, 6) is 0.119. The quantitative estimate of drug-likeness (QED) is 0.652. The average Bonchev–Trinajstić information content (AvgIpc) is 3.18. The number of carbonyl (C=O) groups is 3. The van der Waals surface area contributed by atoms with E-state index in [4.69, 9.17) is 4.74 Å². The van der Waals surface area contributed by atoms with Crippen LogP contribution in [-0.4, -0.2) is 38.0 Å². The normalized spacial score (nSPS) is 14.2. The van der Waals surface area contributed by atoms with Gasteiger partial charge in [0.2, 0.25) is 5.91 Å². The molecule has 0 radical (unpaired) electrons. The first-order chi connectivity index (χ1) is 14.5. The third-order valence-corrected chi connectivity index (χ3v) is 4.82. The van der Waals surface area contributed by atoms with Crippen LogP contribution in [0.25, 0.3) is 0 Å². The van der Waals surface area contributed by atoms with Gasteiger partial charge in [-0.15, -0.1) is 0 Å². The molecule has 158 valence electrons. The van der Waals surface area contributed by atoms with Crippen molar-refractivity contribution in [3.63, 3.8) is 0 Å². The summed E-state index contributed by atoms with van der Waals surface area (Å²) in [7, 11) is 1.54. The molecule has 3 N–H and O–H groups in total. The number of urea groups is 1. The molecule has 8 heteroatoms. The number of methoxy groups -OCH3 is 1. The molecule has 1 heterocycles. The van der Waals surface area contributed by atoms with Crippen molar-refractivity contribution in [2.24, 2.45) is 0 Å². The number of nitrogens with zero attached hydrogens (tertiary/aromatic N) is 1. The Morgan fingerprint density at radius 2 is 1.93 bits per heavy atom. The molecule has 0 bridgehead atoms. The minimum Gasteiger partial charge on any atom is -0.494 e. The number of hydrogen-bond acceptors (Lipinski definition) is 5. The van der Waals surface area contributed by atoms with Gasteiger partial charge in [-0.05, 0) is 31.0 Å². The van der Waals surface area contributed by atoms with E-state index in [-0.39, 0.29) is 5.91 Å². The number of anilines is 2. The second-order valence-corrected chi connectivity index (χ2v) is 6.87. The van der Waals surface area contributed by atoms with E-state index in [0.29, 0.717) is 42.2 Å². The number of hydrogen-bond donors (Lipinski definition) is 3. The molecule has 1 aliphatic rings. The molecule has 1 unspecified atom stereocenters. The zero-order valence-electron chi connectivity index (χ0n) is 17.1. The van der Waals surface area contributed by atoms with Crippen LogP contribution in [0.3, 0.4) is 0 Å². The number of amides is 4. The Morgan fingerprint density at radius 1 is 1.17 bits per heavy atom. The molecule has 30 heavy (non-hydrogen) atoms. The maximum absolute atomic E-state index is 12.8. The molecule has 0 aromatic heterocycles. The van der Waals surface area contributed by atoms with Gasteiger partial charge in [0.25, 0.3) is 5.91 Å². The van der Waals surface area contributed by atoms with Gasteiger partial charge in [-0.3, -0.25) is 14.9 Å². The Morgan fingerprint density at radius 3 is 2.57 bits per heavy atom. The summed E-state index contributed by atoms with van der Waals surface area (Å²) in [6, 6.07) is 13.1. The van der Waals surface area contributed by atoms with Gasteiger partial charge in [0.15, 0.2) is 0 Å². The lowest BCUT2D eigenvalue weighted by atomic mass is 10.1. The fraction of sp³-hybridized carbons (Fsp3) is 0.318. The van der Waals surface area contributed by atoms with Crippen molar-refractivity contribution in [2.75, 3.05) is 30.4 Å². The fourth-order valence-electron chi connectivity index (χ4n) is 3.39. The molecule has 0 spiro atoms. The first-order valence-electron chi connectivity index (χ1n) is 9.92. The highest BCUT2D eigenvalue weighted by Crippen LogP contribution is 2.34. The predicted molar refractivity (Wildman–Crippen MR) is 115 cm³/mol. The second-order valence-electron chi connectivity index (χ2n) is 6.87. The second kappa shape index (κ2) is 9.78. The lowest BCUT2D eigenvalue weighted by Crippen LogP contribution is -2.43. The molecule has 2 aromatic rings. The number of nitrogens with one attached hydrogen (secondary N) is 3. The lowest BCUT2D eigenvalue weighted by Gasteiger charge is -2.22. The maximum Gasteiger partial charge on any atom is 0.321 e. The summed E-state index contributed by atoms with van der Waals surface area (Å²) in [4.78, 5) is 38.4. The molecule has 1 aliphatic heterocycles. The Balaban J connectivity index is 1.86. The third kappa shape index (κ3) is 4.89. The highest BCUT2D eigenvalue weighted by molar-refractivity contribution is 5.99. The maximum atomic E-state index is 12.8. The van der Waals surface area contributed by atoms with Gasteiger partial charge in [-0.1, -0.05) is 30.3 Å². The first-order valence-corrected chi connectivity index (χ1v) is 9.92. The Kier molecular flexibility index (Phi) is 6.90. The monoisotopic (exact) mass is 410 g/mol. The highest BCUT2D eigenvalue weighted by atomic mass is 16.5. The van der Waals surface area contributed by atoms with Crippen LogP contribution in [-0.2, 0) is 9.59 Å². The number of benzene rings is 2. The van der Waals surface area contributed by atoms with E-state index in [1.165, 1.54) is 0 Å². The summed E-state index contributed by atoms with van der Waals surface area (Å²) in [5.41, 5.74) is 2.03. The van der Waals surface area contributed by atoms with Crippen LogP contribution < -0.4 is 25.6 Å². The molecule has 3 rings (SSSR count). The van der Waals surface area contributed by atoms with Crippen LogP contribution in [0.5, 0.6) is 5.75 Å². The van der Waals surface area contributed by atoms with Crippen molar-refractivity contribution in [1.82, 2.24) is 10.6 Å². The summed E-state index contributed by atoms with van der Waals surface area (Å²) >= 11 is 0. The van der Waals surface area contributed by atoms with Crippen LogP contribution in [0.15, 0.2) is 48.5 Å². The standard InChI is InChI=1S/C22H26N4O4/c1-3-23-22(29)25-21(28)20(15-8-5-4-6-9-15)24-16-11-12-17(18(14-16)30-2)26-13-7-10-19(26)27/h4-6,8-9,11-12,14,20,24H,3,7,10,13H2,1-2H3,(H2,23,25,28,29). The molecule has 8 nitrogen and oxygen atoms in total. The molecule has 4 amide bonds. The lowest BCUT2D eigenvalue weighted by molar-refractivity contribution is -0.121. The van der Waals surface area contributed by atoms with Gasteiger partial charge in [0.1, 0.15) is 11.8 Å². The van der Waals surface area contributed by atoms with Crippen molar-refractivity contribution in [1.29, 1.82) is 0 Å². The SMILES string of the molecule is CCNC(=O)NC(=O)C(Nc1ccc(N2CCCC2=O)c(OC)c1)c1ccccc1. The van der Waals surface area contributed by atoms with E-state index in [1.807, 2.05) is 30.3 Å². The third-order valence-electron chi connectivity index (χ3n) is 4.82. The topological polar surface area (TPSA) is 99.8 Å². The van der Waals surface area contributed by atoms with Crippen LogP contribution in [0.2, 0.25) is 0 Å². The average molecular weight is 410 g/mol. The van der Waals surface area contributed by atoms with Crippen molar-refractivity contribution in [3.05, 3.63) is 54.1 Å². The summed E-state index contributed by atoms with van der Waals surface area (Å²) in [5, 5.41) is 8.08. The smallest absolute Gasteiger partial charge is 0.321 e. The van der Waals surface area contributed by atoms with Gasteiger partial charge >= 0.3 is 6.03 Å². The van der Waals surface area contributed by atoms with Gasteiger partial charge in [0.05, 0.1) is 12.8 Å². The molecular weight excluding hydrogens is 384 g/mol. The highest BCUT2D eigenvalue weighted by Gasteiger charge is 2.26. The Labute approximate surface area is 175 Å². The summed E-state index contributed by atoms with van der Waals surface area (Å²) in [6.45, 7) is 2.84. The summed E-state index contributed by atoms with van der Waals surface area (Å²) < 4.78 is 5.49. The predicted octanol–water partition coefficient (Wildman–Crippen LogP) is 2.82. The van der Waals surface area contributed by atoms with E-state index < -0.39 is 18.0 Å². The number of imide groups is 1. The van der Waals surface area contributed by atoms with Crippen LogP contribution in [0.4, 0.5) is 16.2 Å². The van der Waals surface area contributed by atoms with E-state index in [0.717, 1.165) is 6.42 Å². The van der Waals surface area contributed by atoms with E-state index in [2.05, 4.69) is 16.0 Å². The van der Waals surface area contributed by atoms with Gasteiger partial charge in [-0.25, -0.2) is 4.79 Å². The molecule has 1 fully saturated rings. The zero-order chi connectivity index (χ0) is 21.5. The molecule has 1 atom stereocenters. The molecule has 2 aromatic carbocycles. The van der Waals surface area contributed by atoms with E-state index in [9.17, 15) is 14.4 Å². The van der Waals surface area contributed by atoms with E-state index >= 15 is 0 Å². The van der Waals surface area contributed by atoms with Crippen molar-refractivity contribution in [3.8, 4) is 5.75 Å². The minimum atomic E-state index is -0.794. The van der Waals surface area contributed by atoms with Gasteiger partial charge in [0, 0.05) is 31.3 Å². The number of ether oxygens (including phenoxy) is 1. The van der Waals surface area contributed by atoms with Crippen molar-refractivity contribution < 1.29 is 19.1 Å². The zero-order valence-corrected chi connectivity index (χ0v) is 17.1. The van der Waals surface area contributed by atoms with Crippen molar-refractivity contribution >= 4 is 29.2 Å². The van der Waals surface area contributed by atoms with Crippen molar-refractivity contribution in [2.45, 2.75) is 25.8 Å². The number of rotatable bonds is 7. The van der Waals surface area contributed by atoms with Crippen LogP contribution >= 0.6 is 0 Å². The first kappa shape index (κ1) is 21.2. The Bertz CT molecular complexity index is 917. The van der Waals surface area contributed by atoms with Gasteiger partial charge in [-0.2, -0.15) is 0 Å². The molecular formula is C22H26N4O4. The fourth-order valence-corrected chi connectivity index (χ4v) is 3.39. The molecule has 0 aliphatic carbocycles. The Hall–Kier alpha value is -3.55. The molecule has 0 saturated carbocycles. The van der Waals surface area contributed by atoms with Crippen LogP contribution in [0.1, 0.15) is 31.4 Å². The minimum absolute atomic E-state index is 0.0671. The van der Waals surface area contributed by atoms with Crippen LogP contribution in [0, 0.1) is 0 Å². The largest absolute Gasteiger partial charge is 0.494 e.